The Morgan fingerprint density at radius 3 is 2.28 bits per heavy atom. The first kappa shape index (κ1) is 28.4. The number of methoxy groups -OCH3 is 2. The molecule has 39 heavy (non-hydrogen) atoms. The van der Waals surface area contributed by atoms with E-state index in [4.69, 9.17) is 9.47 Å². The summed E-state index contributed by atoms with van der Waals surface area (Å²) < 4.78 is 39.6. The zero-order chi connectivity index (χ0) is 27.8. The van der Waals surface area contributed by atoms with Crippen LogP contribution in [0.25, 0.3) is 0 Å². The van der Waals surface area contributed by atoms with Crippen LogP contribution in [0.3, 0.4) is 0 Å². The molecule has 1 N–H and O–H groups in total. The van der Waals surface area contributed by atoms with Gasteiger partial charge in [0.2, 0.25) is 5.91 Å². The van der Waals surface area contributed by atoms with Gasteiger partial charge in [-0.3, -0.25) is 14.0 Å². The van der Waals surface area contributed by atoms with Gasteiger partial charge in [-0.15, -0.1) is 0 Å². The van der Waals surface area contributed by atoms with Crippen molar-refractivity contribution in [1.29, 1.82) is 0 Å². The lowest BCUT2D eigenvalue weighted by molar-refractivity contribution is -0.119. The highest BCUT2D eigenvalue weighted by Crippen LogP contribution is 2.35. The van der Waals surface area contributed by atoms with Crippen molar-refractivity contribution in [3.8, 4) is 11.5 Å². The summed E-state index contributed by atoms with van der Waals surface area (Å²) in [6, 6.07) is 19.5. The van der Waals surface area contributed by atoms with Gasteiger partial charge in [-0.05, 0) is 68.2 Å². The summed E-state index contributed by atoms with van der Waals surface area (Å²) in [6.45, 7) is 4.76. The molecule has 3 aromatic carbocycles. The normalized spacial score (nSPS) is 14.0. The molecule has 0 radical (unpaired) electrons. The number of nitrogens with one attached hydrogen (secondary N) is 1. The first-order chi connectivity index (χ1) is 18.8. The molecular weight excluding hydrogens is 514 g/mol. The smallest absolute Gasteiger partial charge is 0.264 e. The Morgan fingerprint density at radius 1 is 0.923 bits per heavy atom. The molecule has 0 saturated carbocycles. The highest BCUT2D eigenvalue weighted by atomic mass is 32.2. The number of benzene rings is 3. The van der Waals surface area contributed by atoms with Crippen LogP contribution in [-0.2, 0) is 27.9 Å². The monoisotopic (exact) mass is 551 g/mol. The summed E-state index contributed by atoms with van der Waals surface area (Å²) in [5, 5.41) is 2.94. The molecule has 8 nitrogen and oxygen atoms in total. The van der Waals surface area contributed by atoms with E-state index in [1.54, 1.807) is 42.5 Å². The summed E-state index contributed by atoms with van der Waals surface area (Å²) in [6.07, 6.45) is 3.68. The van der Waals surface area contributed by atoms with Gasteiger partial charge in [-0.2, -0.15) is 0 Å². The van der Waals surface area contributed by atoms with Crippen LogP contribution in [0.15, 0.2) is 71.6 Å². The van der Waals surface area contributed by atoms with Gasteiger partial charge in [0.05, 0.1) is 24.8 Å². The van der Waals surface area contributed by atoms with E-state index in [2.05, 4.69) is 16.3 Å². The van der Waals surface area contributed by atoms with Crippen LogP contribution in [0.5, 0.6) is 11.5 Å². The summed E-state index contributed by atoms with van der Waals surface area (Å²) in [5.41, 5.74) is 3.33. The van der Waals surface area contributed by atoms with E-state index in [0.717, 1.165) is 35.1 Å². The average molecular weight is 552 g/mol. The van der Waals surface area contributed by atoms with Crippen LogP contribution in [0.1, 0.15) is 36.0 Å². The third-order valence-corrected chi connectivity index (χ3v) is 8.76. The molecule has 208 valence electrons. The largest absolute Gasteiger partial charge is 0.497 e. The Morgan fingerprint density at radius 2 is 1.62 bits per heavy atom. The van der Waals surface area contributed by atoms with Gasteiger partial charge in [0.15, 0.2) is 0 Å². The Labute approximate surface area is 231 Å². The van der Waals surface area contributed by atoms with Gasteiger partial charge in [0, 0.05) is 19.2 Å². The number of likely N-dealkylation sites (tertiary alicyclic amines) is 1. The minimum Gasteiger partial charge on any atom is -0.497 e. The Kier molecular flexibility index (Phi) is 9.48. The molecule has 0 spiro atoms. The molecule has 1 aliphatic heterocycles. The van der Waals surface area contributed by atoms with Crippen molar-refractivity contribution in [1.82, 2.24) is 10.2 Å². The molecular formula is C30H37N3O5S. The zero-order valence-corrected chi connectivity index (χ0v) is 23.7. The average Bonchev–Trinajstić information content (AvgIpc) is 2.96. The second-order valence-electron chi connectivity index (χ2n) is 9.74. The molecule has 9 heteroatoms. The lowest BCUT2D eigenvalue weighted by Gasteiger charge is -2.27. The number of hydrogen-bond acceptors (Lipinski definition) is 6. The van der Waals surface area contributed by atoms with E-state index in [0.29, 0.717) is 18.0 Å². The van der Waals surface area contributed by atoms with Gasteiger partial charge < -0.3 is 14.8 Å². The van der Waals surface area contributed by atoms with Crippen molar-refractivity contribution in [3.63, 3.8) is 0 Å². The van der Waals surface area contributed by atoms with E-state index in [9.17, 15) is 13.2 Å². The molecule has 1 saturated heterocycles. The van der Waals surface area contributed by atoms with Gasteiger partial charge in [-0.1, -0.05) is 48.4 Å². The minimum atomic E-state index is -4.10. The number of nitrogens with zero attached hydrogens (tertiary/aromatic N) is 2. The van der Waals surface area contributed by atoms with Gasteiger partial charge in [0.25, 0.3) is 10.0 Å². The number of carbonyl (C=O) groups is 1. The number of sulfonamides is 1. The molecule has 0 unspecified atom stereocenters. The van der Waals surface area contributed by atoms with Crippen molar-refractivity contribution in [3.05, 3.63) is 83.4 Å². The van der Waals surface area contributed by atoms with Crippen LogP contribution in [0, 0.1) is 6.92 Å². The molecule has 3 aromatic rings. The fraction of sp³-hybridized carbons (Fsp3) is 0.367. The molecule has 4 rings (SSSR count). The number of amides is 1. The molecule has 0 aliphatic carbocycles. The Bertz CT molecular complexity index is 1370. The second-order valence-corrected chi connectivity index (χ2v) is 11.6. The number of aryl methyl sites for hydroxylation is 1. The quantitative estimate of drug-likeness (QED) is 0.377. The van der Waals surface area contributed by atoms with Crippen molar-refractivity contribution in [2.75, 3.05) is 38.2 Å². The van der Waals surface area contributed by atoms with E-state index in [1.807, 2.05) is 25.1 Å². The molecule has 0 bridgehead atoms. The van der Waals surface area contributed by atoms with Crippen molar-refractivity contribution in [2.45, 2.75) is 44.2 Å². The highest BCUT2D eigenvalue weighted by molar-refractivity contribution is 7.92. The molecule has 0 atom stereocenters. The number of piperidine rings is 1. The second kappa shape index (κ2) is 13.0. The minimum absolute atomic E-state index is 0.0812. The van der Waals surface area contributed by atoms with Gasteiger partial charge in [-0.25, -0.2) is 8.42 Å². The van der Waals surface area contributed by atoms with E-state index < -0.39 is 22.5 Å². The summed E-state index contributed by atoms with van der Waals surface area (Å²) in [4.78, 5) is 15.8. The van der Waals surface area contributed by atoms with Gasteiger partial charge >= 0.3 is 0 Å². The fourth-order valence-corrected chi connectivity index (χ4v) is 6.17. The first-order valence-electron chi connectivity index (χ1n) is 13.2. The SMILES string of the molecule is COc1ccc(OC)c(N(CC(=O)NCc2ccccc2CN2CCCCC2)S(=O)(=O)c2ccc(C)cc2)c1. The maximum Gasteiger partial charge on any atom is 0.264 e. The van der Waals surface area contributed by atoms with Gasteiger partial charge in [0.1, 0.15) is 18.0 Å². The van der Waals surface area contributed by atoms with Crippen molar-refractivity contribution < 1.29 is 22.7 Å². The summed E-state index contributed by atoms with van der Waals surface area (Å²) in [5.74, 6) is 0.330. The predicted octanol–water partition coefficient (Wildman–Crippen LogP) is 4.51. The van der Waals surface area contributed by atoms with Crippen LogP contribution in [0.4, 0.5) is 5.69 Å². The van der Waals surface area contributed by atoms with E-state index in [1.165, 1.54) is 39.0 Å². The van der Waals surface area contributed by atoms with E-state index in [-0.39, 0.29) is 10.6 Å². The number of ether oxygens (including phenoxy) is 2. The third kappa shape index (κ3) is 7.10. The lowest BCUT2D eigenvalue weighted by atomic mass is 10.0. The topological polar surface area (TPSA) is 88.2 Å². The highest BCUT2D eigenvalue weighted by Gasteiger charge is 2.30. The van der Waals surface area contributed by atoms with Crippen molar-refractivity contribution >= 4 is 21.6 Å². The maximum atomic E-state index is 13.8. The Hall–Kier alpha value is -3.56. The summed E-state index contributed by atoms with van der Waals surface area (Å²) >= 11 is 0. The van der Waals surface area contributed by atoms with Crippen LogP contribution >= 0.6 is 0 Å². The molecule has 1 aliphatic rings. The third-order valence-electron chi connectivity index (χ3n) is 6.99. The first-order valence-corrected chi connectivity index (χ1v) is 14.6. The number of carbonyl (C=O) groups excluding carboxylic acids is 1. The molecule has 1 heterocycles. The molecule has 1 fully saturated rings. The van der Waals surface area contributed by atoms with Crippen LogP contribution in [0.2, 0.25) is 0 Å². The van der Waals surface area contributed by atoms with Crippen molar-refractivity contribution in [2.24, 2.45) is 0 Å². The maximum absolute atomic E-state index is 13.8. The standard InChI is InChI=1S/C30H37N3O5S/c1-23-11-14-27(15-12-23)39(35,36)33(28-19-26(37-2)13-16-29(28)38-3)22-30(34)31-20-24-9-5-6-10-25(24)21-32-17-7-4-8-18-32/h5-6,9-16,19H,4,7-8,17-18,20-22H2,1-3H3,(H,31,34). The van der Waals surface area contributed by atoms with E-state index >= 15 is 0 Å². The lowest BCUT2D eigenvalue weighted by Crippen LogP contribution is -2.41. The number of anilines is 1. The predicted molar refractivity (Wildman–Crippen MR) is 153 cm³/mol. The number of rotatable bonds is 11. The Balaban J connectivity index is 1.58. The fourth-order valence-electron chi connectivity index (χ4n) is 4.75. The van der Waals surface area contributed by atoms with Crippen LogP contribution < -0.4 is 19.1 Å². The molecule has 1 amide bonds. The zero-order valence-electron chi connectivity index (χ0n) is 22.9. The summed E-state index contributed by atoms with van der Waals surface area (Å²) in [7, 11) is -1.15. The number of hydrogen-bond donors (Lipinski definition) is 1. The van der Waals surface area contributed by atoms with Crippen LogP contribution in [-0.4, -0.2) is 53.1 Å². The molecule has 0 aromatic heterocycles.